The van der Waals surface area contributed by atoms with Gasteiger partial charge >= 0.3 is 5.97 Å². The maximum atomic E-state index is 10.7. The van der Waals surface area contributed by atoms with Crippen LogP contribution in [0.2, 0.25) is 0 Å². The number of rotatable bonds is 3. The van der Waals surface area contributed by atoms with E-state index in [-0.39, 0.29) is 0 Å². The van der Waals surface area contributed by atoms with Crippen LogP contribution in [0.3, 0.4) is 0 Å². The molecule has 0 fully saturated rings. The number of ether oxygens (including phenoxy) is 1. The fourth-order valence-corrected chi connectivity index (χ4v) is 1.53. The molecule has 0 saturated heterocycles. The Balaban J connectivity index is 2.44. The topological polar surface area (TPSA) is 75.2 Å². The molecule has 0 aliphatic rings. The Kier molecular flexibility index (Phi) is 2.52. The molecule has 16 heavy (non-hydrogen) atoms. The number of aromatic nitrogens is 2. The predicted octanol–water partition coefficient (Wildman–Crippen LogP) is 1.72. The summed E-state index contributed by atoms with van der Waals surface area (Å²) >= 11 is 0. The Bertz CT molecular complexity index is 533. The molecule has 0 aliphatic carbocycles. The third-order valence-corrected chi connectivity index (χ3v) is 2.37. The van der Waals surface area contributed by atoms with E-state index in [0.29, 0.717) is 5.75 Å². The van der Waals surface area contributed by atoms with Crippen molar-refractivity contribution in [2.24, 2.45) is 0 Å². The minimum absolute atomic E-state index is 0.540. The normalized spacial score (nSPS) is 12.6. The van der Waals surface area contributed by atoms with Crippen LogP contribution in [0.1, 0.15) is 12.6 Å². The molecular weight excluding hydrogens is 208 g/mol. The van der Waals surface area contributed by atoms with Crippen molar-refractivity contribution in [2.75, 3.05) is 0 Å². The lowest BCUT2D eigenvalue weighted by atomic mass is 10.2. The lowest BCUT2D eigenvalue weighted by Gasteiger charge is -2.11. The van der Waals surface area contributed by atoms with Gasteiger partial charge in [0, 0.05) is 5.69 Å². The SMILES string of the molecule is Cc1[nH]nc2cccc(OC(C)C(=O)O)c12. The summed E-state index contributed by atoms with van der Waals surface area (Å²) in [4.78, 5) is 10.7. The van der Waals surface area contributed by atoms with Gasteiger partial charge in [-0.2, -0.15) is 5.10 Å². The number of nitrogens with one attached hydrogen (secondary N) is 1. The number of H-pyrrole nitrogens is 1. The fraction of sp³-hybridized carbons (Fsp3) is 0.273. The molecule has 2 aromatic rings. The van der Waals surface area contributed by atoms with E-state index in [1.54, 1.807) is 12.1 Å². The number of hydrogen-bond donors (Lipinski definition) is 2. The third kappa shape index (κ3) is 1.71. The van der Waals surface area contributed by atoms with Crippen molar-refractivity contribution >= 4 is 16.9 Å². The summed E-state index contributed by atoms with van der Waals surface area (Å²) in [5, 5.41) is 16.5. The van der Waals surface area contributed by atoms with E-state index in [0.717, 1.165) is 16.6 Å². The van der Waals surface area contributed by atoms with Crippen LogP contribution in [-0.2, 0) is 4.79 Å². The molecule has 0 bridgehead atoms. The number of benzene rings is 1. The van der Waals surface area contributed by atoms with Crippen LogP contribution >= 0.6 is 0 Å². The van der Waals surface area contributed by atoms with Gasteiger partial charge < -0.3 is 9.84 Å². The van der Waals surface area contributed by atoms with Crippen molar-refractivity contribution in [1.82, 2.24) is 10.2 Å². The number of nitrogens with zero attached hydrogens (tertiary/aromatic N) is 1. The second-order valence-corrected chi connectivity index (χ2v) is 3.60. The van der Waals surface area contributed by atoms with Crippen LogP contribution < -0.4 is 4.74 Å². The molecule has 0 spiro atoms. The van der Waals surface area contributed by atoms with Crippen molar-refractivity contribution in [2.45, 2.75) is 20.0 Å². The molecule has 1 unspecified atom stereocenters. The molecule has 0 aliphatic heterocycles. The molecule has 5 nitrogen and oxygen atoms in total. The van der Waals surface area contributed by atoms with Crippen molar-refractivity contribution in [3.05, 3.63) is 23.9 Å². The number of carboxylic acids is 1. The highest BCUT2D eigenvalue weighted by Crippen LogP contribution is 2.27. The van der Waals surface area contributed by atoms with Gasteiger partial charge in [0.15, 0.2) is 6.10 Å². The Morgan fingerprint density at radius 2 is 2.31 bits per heavy atom. The number of hydrogen-bond acceptors (Lipinski definition) is 3. The molecule has 2 N–H and O–H groups in total. The summed E-state index contributed by atoms with van der Waals surface area (Å²) in [5.74, 6) is -0.447. The first kappa shape index (κ1) is 10.5. The van der Waals surface area contributed by atoms with Crippen molar-refractivity contribution in [1.29, 1.82) is 0 Å². The fourth-order valence-electron chi connectivity index (χ4n) is 1.53. The highest BCUT2D eigenvalue weighted by Gasteiger charge is 2.15. The maximum absolute atomic E-state index is 10.7. The van der Waals surface area contributed by atoms with E-state index in [2.05, 4.69) is 10.2 Å². The van der Waals surface area contributed by atoms with Gasteiger partial charge in [-0.25, -0.2) is 4.79 Å². The van der Waals surface area contributed by atoms with E-state index in [1.807, 2.05) is 13.0 Å². The summed E-state index contributed by atoms with van der Waals surface area (Å²) in [7, 11) is 0. The van der Waals surface area contributed by atoms with Gasteiger partial charge in [-0.1, -0.05) is 6.07 Å². The molecule has 2 rings (SSSR count). The first-order chi connectivity index (χ1) is 7.59. The quantitative estimate of drug-likeness (QED) is 0.825. The lowest BCUT2D eigenvalue weighted by molar-refractivity contribution is -0.144. The van der Waals surface area contributed by atoms with Gasteiger partial charge in [0.2, 0.25) is 0 Å². The monoisotopic (exact) mass is 220 g/mol. The Morgan fingerprint density at radius 3 is 3.00 bits per heavy atom. The summed E-state index contributed by atoms with van der Waals surface area (Å²) in [6, 6.07) is 5.37. The number of aliphatic carboxylic acids is 1. The second-order valence-electron chi connectivity index (χ2n) is 3.60. The van der Waals surface area contributed by atoms with E-state index in [4.69, 9.17) is 9.84 Å². The minimum Gasteiger partial charge on any atom is -0.479 e. The van der Waals surface area contributed by atoms with Crippen LogP contribution in [0, 0.1) is 6.92 Å². The number of carbonyl (C=O) groups is 1. The molecule has 0 saturated carbocycles. The molecule has 1 aromatic heterocycles. The average Bonchev–Trinajstić information content (AvgIpc) is 2.61. The molecule has 84 valence electrons. The van der Waals surface area contributed by atoms with Gasteiger partial charge in [-0.15, -0.1) is 0 Å². The van der Waals surface area contributed by atoms with E-state index in [1.165, 1.54) is 6.92 Å². The minimum atomic E-state index is -0.988. The van der Waals surface area contributed by atoms with Gasteiger partial charge in [0.05, 0.1) is 10.9 Å². The van der Waals surface area contributed by atoms with Gasteiger partial charge in [0.25, 0.3) is 0 Å². The molecule has 1 atom stereocenters. The van der Waals surface area contributed by atoms with Crippen LogP contribution in [0.15, 0.2) is 18.2 Å². The van der Waals surface area contributed by atoms with Gasteiger partial charge in [-0.3, -0.25) is 5.10 Å². The van der Waals surface area contributed by atoms with Crippen molar-refractivity contribution < 1.29 is 14.6 Å². The molecule has 5 heteroatoms. The molecular formula is C11H12N2O3. The van der Waals surface area contributed by atoms with Gasteiger partial charge in [-0.05, 0) is 26.0 Å². The smallest absolute Gasteiger partial charge is 0.344 e. The number of aryl methyl sites for hydroxylation is 1. The number of carboxylic acid groups (broad SMARTS) is 1. The molecule has 1 aromatic carbocycles. The zero-order valence-electron chi connectivity index (χ0n) is 9.02. The number of aromatic amines is 1. The largest absolute Gasteiger partial charge is 0.479 e. The summed E-state index contributed by atoms with van der Waals surface area (Å²) < 4.78 is 5.37. The summed E-state index contributed by atoms with van der Waals surface area (Å²) in [5.41, 5.74) is 1.63. The van der Waals surface area contributed by atoms with Crippen molar-refractivity contribution in [3.8, 4) is 5.75 Å². The zero-order chi connectivity index (χ0) is 11.7. The predicted molar refractivity (Wildman–Crippen MR) is 58.6 cm³/mol. The third-order valence-electron chi connectivity index (χ3n) is 2.37. The van der Waals surface area contributed by atoms with Crippen LogP contribution in [0.25, 0.3) is 10.9 Å². The van der Waals surface area contributed by atoms with Crippen molar-refractivity contribution in [3.63, 3.8) is 0 Å². The average molecular weight is 220 g/mol. The first-order valence-electron chi connectivity index (χ1n) is 4.92. The first-order valence-corrected chi connectivity index (χ1v) is 4.92. The highest BCUT2D eigenvalue weighted by atomic mass is 16.5. The van der Waals surface area contributed by atoms with Crippen LogP contribution in [0.4, 0.5) is 0 Å². The number of fused-ring (bicyclic) bond motifs is 1. The lowest BCUT2D eigenvalue weighted by Crippen LogP contribution is -2.22. The highest BCUT2D eigenvalue weighted by molar-refractivity contribution is 5.87. The maximum Gasteiger partial charge on any atom is 0.344 e. The Hall–Kier alpha value is -2.04. The summed E-state index contributed by atoms with van der Waals surface area (Å²) in [6.07, 6.45) is -0.875. The van der Waals surface area contributed by atoms with E-state index >= 15 is 0 Å². The zero-order valence-corrected chi connectivity index (χ0v) is 9.02. The second kappa shape index (κ2) is 3.84. The van der Waals surface area contributed by atoms with Crippen LogP contribution in [-0.4, -0.2) is 27.4 Å². The Morgan fingerprint density at radius 1 is 1.56 bits per heavy atom. The Labute approximate surface area is 92.0 Å². The summed E-state index contributed by atoms with van der Waals surface area (Å²) in [6.45, 7) is 3.37. The van der Waals surface area contributed by atoms with E-state index < -0.39 is 12.1 Å². The van der Waals surface area contributed by atoms with Gasteiger partial charge in [0.1, 0.15) is 5.75 Å². The molecule has 0 amide bonds. The van der Waals surface area contributed by atoms with E-state index in [9.17, 15) is 4.79 Å². The molecule has 0 radical (unpaired) electrons. The standard InChI is InChI=1S/C11H12N2O3/c1-6-10-8(13-12-6)4-3-5-9(10)16-7(2)11(14)15/h3-5,7H,1-2H3,(H,12,13)(H,14,15). The van der Waals surface area contributed by atoms with Crippen LogP contribution in [0.5, 0.6) is 5.75 Å². The molecule has 1 heterocycles.